The van der Waals surface area contributed by atoms with Crippen LogP contribution in [0.4, 0.5) is 0 Å². The Morgan fingerprint density at radius 2 is 2.06 bits per heavy atom. The molecule has 94 valence electrons. The molecule has 0 amide bonds. The van der Waals surface area contributed by atoms with E-state index < -0.39 is 0 Å². The minimum atomic E-state index is 0.430. The van der Waals surface area contributed by atoms with Crippen LogP contribution in [0.15, 0.2) is 18.2 Å². The normalized spacial score (nSPS) is 24.7. The fourth-order valence-electron chi connectivity index (χ4n) is 2.34. The molecule has 2 rings (SSSR count). The first-order valence-electron chi connectivity index (χ1n) is 6.31. The summed E-state index contributed by atoms with van der Waals surface area (Å²) in [4.78, 5) is 0. The zero-order valence-corrected chi connectivity index (χ0v) is 11.9. The van der Waals surface area contributed by atoms with Crippen molar-refractivity contribution in [2.75, 3.05) is 6.54 Å². The summed E-state index contributed by atoms with van der Waals surface area (Å²) in [7, 11) is 0. The molecule has 0 aliphatic heterocycles. The highest BCUT2D eigenvalue weighted by Crippen LogP contribution is 2.47. The van der Waals surface area contributed by atoms with E-state index in [1.807, 2.05) is 12.1 Å². The molecular formula is C14H19Cl2N. The Balaban J connectivity index is 2.16. The predicted molar refractivity (Wildman–Crippen MR) is 74.8 cm³/mol. The van der Waals surface area contributed by atoms with Gasteiger partial charge in [-0.25, -0.2) is 0 Å². The highest BCUT2D eigenvalue weighted by Gasteiger charge is 2.39. The second-order valence-electron chi connectivity index (χ2n) is 4.98. The molecule has 0 spiro atoms. The van der Waals surface area contributed by atoms with Crippen LogP contribution >= 0.6 is 23.2 Å². The predicted octanol–water partition coefficient (Wildman–Crippen LogP) is 4.69. The summed E-state index contributed by atoms with van der Waals surface area (Å²) in [5.74, 6) is 1.57. The third-order valence-corrected chi connectivity index (χ3v) is 4.26. The minimum Gasteiger partial charge on any atom is -0.310 e. The van der Waals surface area contributed by atoms with Crippen LogP contribution in [0.3, 0.4) is 0 Å². The lowest BCUT2D eigenvalue weighted by Crippen LogP contribution is -2.24. The first kappa shape index (κ1) is 13.2. The second kappa shape index (κ2) is 5.60. The van der Waals surface area contributed by atoms with Crippen molar-refractivity contribution in [2.45, 2.75) is 32.7 Å². The van der Waals surface area contributed by atoms with E-state index in [1.54, 1.807) is 0 Å². The van der Waals surface area contributed by atoms with Gasteiger partial charge in [0.05, 0.1) is 10.0 Å². The van der Waals surface area contributed by atoms with Crippen LogP contribution in [-0.2, 0) is 0 Å². The maximum atomic E-state index is 6.09. The minimum absolute atomic E-state index is 0.430. The van der Waals surface area contributed by atoms with Crippen molar-refractivity contribution in [3.05, 3.63) is 33.8 Å². The fourth-order valence-corrected chi connectivity index (χ4v) is 2.64. The van der Waals surface area contributed by atoms with Gasteiger partial charge in [-0.05, 0) is 48.9 Å². The number of nitrogens with one attached hydrogen (secondary N) is 1. The molecule has 17 heavy (non-hydrogen) atoms. The highest BCUT2D eigenvalue weighted by atomic mass is 35.5. The van der Waals surface area contributed by atoms with E-state index in [9.17, 15) is 0 Å². The molecule has 1 saturated carbocycles. The van der Waals surface area contributed by atoms with Crippen LogP contribution in [0.25, 0.3) is 0 Å². The first-order valence-corrected chi connectivity index (χ1v) is 7.07. The van der Waals surface area contributed by atoms with Gasteiger partial charge in [-0.15, -0.1) is 0 Å². The van der Waals surface area contributed by atoms with Crippen molar-refractivity contribution in [3.8, 4) is 0 Å². The van der Waals surface area contributed by atoms with Crippen LogP contribution in [0.1, 0.15) is 38.3 Å². The van der Waals surface area contributed by atoms with E-state index in [1.165, 1.54) is 12.0 Å². The van der Waals surface area contributed by atoms with Crippen molar-refractivity contribution >= 4 is 23.2 Å². The summed E-state index contributed by atoms with van der Waals surface area (Å²) < 4.78 is 0. The number of hydrogen-bond acceptors (Lipinski definition) is 1. The molecule has 3 heteroatoms. The van der Waals surface area contributed by atoms with E-state index in [2.05, 4.69) is 25.2 Å². The maximum Gasteiger partial charge on any atom is 0.0595 e. The largest absolute Gasteiger partial charge is 0.310 e. The van der Waals surface area contributed by atoms with Crippen LogP contribution < -0.4 is 5.32 Å². The van der Waals surface area contributed by atoms with Crippen LogP contribution in [-0.4, -0.2) is 6.54 Å². The van der Waals surface area contributed by atoms with E-state index in [4.69, 9.17) is 23.2 Å². The molecular weight excluding hydrogens is 253 g/mol. The van der Waals surface area contributed by atoms with E-state index in [-0.39, 0.29) is 0 Å². The monoisotopic (exact) mass is 271 g/mol. The quantitative estimate of drug-likeness (QED) is 0.819. The standard InChI is InChI=1S/C14H19Cl2N/c1-3-6-17-14(11-7-9(11)2)10-4-5-12(15)13(16)8-10/h4-5,8-9,11,14,17H,3,6-7H2,1-2H3. The SMILES string of the molecule is CCCNC(c1ccc(Cl)c(Cl)c1)C1CC1C. The Bertz CT molecular complexity index is 392. The second-order valence-corrected chi connectivity index (χ2v) is 5.80. The van der Waals surface area contributed by atoms with E-state index in [0.717, 1.165) is 24.8 Å². The fraction of sp³-hybridized carbons (Fsp3) is 0.571. The average molecular weight is 272 g/mol. The first-order chi connectivity index (χ1) is 8.13. The van der Waals surface area contributed by atoms with Gasteiger partial charge in [0.2, 0.25) is 0 Å². The molecule has 1 aromatic carbocycles. The lowest BCUT2D eigenvalue weighted by atomic mass is 10.0. The molecule has 3 unspecified atom stereocenters. The van der Waals surface area contributed by atoms with E-state index >= 15 is 0 Å². The van der Waals surface area contributed by atoms with Gasteiger partial charge in [-0.2, -0.15) is 0 Å². The number of halogens is 2. The van der Waals surface area contributed by atoms with Crippen molar-refractivity contribution < 1.29 is 0 Å². The zero-order valence-electron chi connectivity index (χ0n) is 10.3. The van der Waals surface area contributed by atoms with E-state index in [0.29, 0.717) is 16.1 Å². The lowest BCUT2D eigenvalue weighted by Gasteiger charge is -2.19. The summed E-state index contributed by atoms with van der Waals surface area (Å²) in [6, 6.07) is 6.42. The van der Waals surface area contributed by atoms with Crippen molar-refractivity contribution in [2.24, 2.45) is 11.8 Å². The molecule has 0 saturated heterocycles. The van der Waals surface area contributed by atoms with Gasteiger partial charge in [0.15, 0.2) is 0 Å². The Kier molecular flexibility index (Phi) is 4.35. The van der Waals surface area contributed by atoms with Crippen LogP contribution in [0.5, 0.6) is 0 Å². The summed E-state index contributed by atoms with van der Waals surface area (Å²) in [5.41, 5.74) is 1.27. The van der Waals surface area contributed by atoms with Crippen molar-refractivity contribution in [1.29, 1.82) is 0 Å². The molecule has 0 radical (unpaired) electrons. The molecule has 0 aromatic heterocycles. The van der Waals surface area contributed by atoms with Gasteiger partial charge in [0.1, 0.15) is 0 Å². The Morgan fingerprint density at radius 1 is 1.35 bits per heavy atom. The highest BCUT2D eigenvalue weighted by molar-refractivity contribution is 6.42. The van der Waals surface area contributed by atoms with Crippen LogP contribution in [0.2, 0.25) is 10.0 Å². The third kappa shape index (κ3) is 3.15. The Labute approximate surface area is 114 Å². The van der Waals surface area contributed by atoms with Gasteiger partial charge in [-0.1, -0.05) is 43.1 Å². The maximum absolute atomic E-state index is 6.09. The number of rotatable bonds is 5. The third-order valence-electron chi connectivity index (χ3n) is 3.52. The van der Waals surface area contributed by atoms with Gasteiger partial charge in [-0.3, -0.25) is 0 Å². The summed E-state index contributed by atoms with van der Waals surface area (Å²) >= 11 is 12.1. The van der Waals surface area contributed by atoms with Gasteiger partial charge in [0, 0.05) is 6.04 Å². The van der Waals surface area contributed by atoms with Crippen molar-refractivity contribution in [3.63, 3.8) is 0 Å². The van der Waals surface area contributed by atoms with Crippen LogP contribution in [0, 0.1) is 11.8 Å². The molecule has 3 atom stereocenters. The zero-order chi connectivity index (χ0) is 12.4. The number of benzene rings is 1. The lowest BCUT2D eigenvalue weighted by molar-refractivity contribution is 0.463. The van der Waals surface area contributed by atoms with Gasteiger partial charge in [0.25, 0.3) is 0 Å². The molecule has 1 N–H and O–H groups in total. The average Bonchev–Trinajstić information content (AvgIpc) is 3.01. The smallest absolute Gasteiger partial charge is 0.0595 e. The Morgan fingerprint density at radius 3 is 2.59 bits per heavy atom. The molecule has 1 aliphatic carbocycles. The summed E-state index contributed by atoms with van der Waals surface area (Å²) in [6.45, 7) is 5.55. The summed E-state index contributed by atoms with van der Waals surface area (Å²) in [6.07, 6.45) is 2.46. The molecule has 1 aromatic rings. The molecule has 0 heterocycles. The number of hydrogen-bond donors (Lipinski definition) is 1. The van der Waals surface area contributed by atoms with Crippen molar-refractivity contribution in [1.82, 2.24) is 5.32 Å². The molecule has 1 fully saturated rings. The Hall–Kier alpha value is -0.240. The van der Waals surface area contributed by atoms with Gasteiger partial charge >= 0.3 is 0 Å². The summed E-state index contributed by atoms with van der Waals surface area (Å²) in [5, 5.41) is 4.91. The topological polar surface area (TPSA) is 12.0 Å². The molecule has 1 aliphatic rings. The van der Waals surface area contributed by atoms with Gasteiger partial charge < -0.3 is 5.32 Å². The molecule has 0 bridgehead atoms. The molecule has 1 nitrogen and oxygen atoms in total.